The zero-order valence-electron chi connectivity index (χ0n) is 12.2. The van der Waals surface area contributed by atoms with Crippen LogP contribution in [0.2, 0.25) is 0 Å². The molecule has 4 atom stereocenters. The normalized spacial score (nSPS) is 32.1. The Kier molecular flexibility index (Phi) is 3.37. The molecule has 1 saturated carbocycles. The van der Waals surface area contributed by atoms with Crippen LogP contribution in [0.1, 0.15) is 18.4 Å². The van der Waals surface area contributed by atoms with Gasteiger partial charge in [0.2, 0.25) is 0 Å². The van der Waals surface area contributed by atoms with Gasteiger partial charge in [-0.05, 0) is 42.9 Å². The van der Waals surface area contributed by atoms with Crippen LogP contribution in [0.5, 0.6) is 5.75 Å². The van der Waals surface area contributed by atoms with Crippen molar-refractivity contribution in [3.63, 3.8) is 0 Å². The number of benzene rings is 1. The number of hydrogen-bond donors (Lipinski definition) is 1. The first-order valence-corrected chi connectivity index (χ1v) is 8.44. The molecular formula is C17H15BrN2O3. The van der Waals surface area contributed by atoms with E-state index < -0.39 is 0 Å². The molecule has 0 spiro atoms. The van der Waals surface area contributed by atoms with Crippen LogP contribution >= 0.6 is 15.9 Å². The number of phenols is 1. The predicted octanol–water partition coefficient (Wildman–Crippen LogP) is 2.69. The quantitative estimate of drug-likeness (QED) is 0.491. The van der Waals surface area contributed by atoms with Crippen molar-refractivity contribution in [3.05, 3.63) is 40.4 Å². The van der Waals surface area contributed by atoms with Crippen molar-refractivity contribution in [2.24, 2.45) is 28.8 Å². The van der Waals surface area contributed by atoms with Gasteiger partial charge in [0.05, 0.1) is 18.1 Å². The van der Waals surface area contributed by atoms with Crippen molar-refractivity contribution in [2.75, 3.05) is 0 Å². The molecule has 0 aromatic heterocycles. The maximum Gasteiger partial charge on any atom is 0.254 e. The van der Waals surface area contributed by atoms with Crippen LogP contribution in [-0.4, -0.2) is 28.1 Å². The number of halogens is 1. The summed E-state index contributed by atoms with van der Waals surface area (Å²) in [4.78, 5) is 25.2. The summed E-state index contributed by atoms with van der Waals surface area (Å²) >= 11 is 3.32. The lowest BCUT2D eigenvalue weighted by Gasteiger charge is -2.37. The van der Waals surface area contributed by atoms with Crippen LogP contribution < -0.4 is 0 Å². The highest BCUT2D eigenvalue weighted by Gasteiger charge is 2.56. The zero-order valence-corrected chi connectivity index (χ0v) is 13.8. The fourth-order valence-electron chi connectivity index (χ4n) is 3.92. The van der Waals surface area contributed by atoms with Crippen LogP contribution in [-0.2, 0) is 9.59 Å². The first-order valence-electron chi connectivity index (χ1n) is 7.65. The molecule has 3 aliphatic carbocycles. The molecule has 5 rings (SSSR count). The largest absolute Gasteiger partial charge is 0.507 e. The Balaban J connectivity index is 1.63. The molecule has 1 aromatic carbocycles. The summed E-state index contributed by atoms with van der Waals surface area (Å²) in [7, 11) is 0. The average molecular weight is 375 g/mol. The van der Waals surface area contributed by atoms with Crippen LogP contribution in [0.3, 0.4) is 0 Å². The lowest BCUT2D eigenvalue weighted by atomic mass is 9.63. The number of imide groups is 1. The summed E-state index contributed by atoms with van der Waals surface area (Å²) in [5, 5.41) is 14.9. The van der Waals surface area contributed by atoms with Crippen LogP contribution in [0.4, 0.5) is 0 Å². The molecule has 1 aliphatic heterocycles. The number of amides is 2. The molecule has 2 fully saturated rings. The SMILES string of the molecule is O=C1[C@@H]2[C@H](C(=O)N1/N=C\c1cc(Br)ccc1O)[C@@H]1C=C[C@H]2CC1. The van der Waals surface area contributed by atoms with Gasteiger partial charge in [-0.2, -0.15) is 10.1 Å². The molecule has 6 heteroatoms. The van der Waals surface area contributed by atoms with E-state index in [2.05, 4.69) is 33.2 Å². The van der Waals surface area contributed by atoms with Gasteiger partial charge in [-0.25, -0.2) is 0 Å². The summed E-state index contributed by atoms with van der Waals surface area (Å²) in [6.45, 7) is 0. The fraction of sp³-hybridized carbons (Fsp3) is 0.353. The maximum absolute atomic E-state index is 12.6. The zero-order chi connectivity index (χ0) is 16.1. The van der Waals surface area contributed by atoms with Gasteiger partial charge in [-0.3, -0.25) is 9.59 Å². The highest BCUT2D eigenvalue weighted by Crippen LogP contribution is 2.49. The van der Waals surface area contributed by atoms with Gasteiger partial charge in [0.25, 0.3) is 11.8 Å². The standard InChI is InChI=1S/C17H15BrN2O3/c18-12-5-6-13(21)11(7-12)8-19-20-16(22)14-9-1-2-10(4-3-9)15(14)17(20)23/h1-2,5-10,14-15,21H,3-4H2/b19-8-/t9-,10+,14-,15+. The number of nitrogens with zero attached hydrogens (tertiary/aromatic N) is 2. The summed E-state index contributed by atoms with van der Waals surface area (Å²) in [6, 6.07) is 4.92. The van der Waals surface area contributed by atoms with E-state index in [9.17, 15) is 14.7 Å². The van der Waals surface area contributed by atoms with Crippen molar-refractivity contribution in [1.82, 2.24) is 5.01 Å². The first-order chi connectivity index (χ1) is 11.1. The highest BCUT2D eigenvalue weighted by molar-refractivity contribution is 9.10. The second kappa shape index (κ2) is 5.30. The number of rotatable bonds is 2. The minimum absolute atomic E-state index is 0.0511. The molecule has 0 radical (unpaired) electrons. The van der Waals surface area contributed by atoms with Crippen molar-refractivity contribution >= 4 is 34.0 Å². The molecular weight excluding hydrogens is 360 g/mol. The van der Waals surface area contributed by atoms with Gasteiger partial charge < -0.3 is 5.11 Å². The van der Waals surface area contributed by atoms with Gasteiger partial charge in [0, 0.05) is 10.0 Å². The Morgan fingerprint density at radius 2 is 1.74 bits per heavy atom. The van der Waals surface area contributed by atoms with Crippen LogP contribution in [0.25, 0.3) is 0 Å². The van der Waals surface area contributed by atoms with E-state index in [0.29, 0.717) is 5.56 Å². The van der Waals surface area contributed by atoms with Gasteiger partial charge >= 0.3 is 0 Å². The minimum atomic E-state index is -0.264. The topological polar surface area (TPSA) is 70.0 Å². The molecule has 0 unspecified atom stereocenters. The molecule has 4 aliphatic rings. The van der Waals surface area contributed by atoms with Crippen LogP contribution in [0.15, 0.2) is 39.9 Å². The van der Waals surface area contributed by atoms with Gasteiger partial charge in [0.15, 0.2) is 0 Å². The Morgan fingerprint density at radius 3 is 2.30 bits per heavy atom. The van der Waals surface area contributed by atoms with Crippen LogP contribution in [0, 0.1) is 23.7 Å². The van der Waals surface area contributed by atoms with E-state index in [1.807, 2.05) is 0 Å². The molecule has 118 valence electrons. The number of hydrogen-bond acceptors (Lipinski definition) is 4. The summed E-state index contributed by atoms with van der Waals surface area (Å²) in [5.74, 6) is -0.606. The lowest BCUT2D eigenvalue weighted by molar-refractivity contribution is -0.140. The number of carbonyl (C=O) groups is 2. The third-order valence-corrected chi connectivity index (χ3v) is 5.53. The van der Waals surface area contributed by atoms with E-state index in [-0.39, 0.29) is 41.2 Å². The molecule has 1 saturated heterocycles. The number of carbonyl (C=O) groups excluding carboxylic acids is 2. The minimum Gasteiger partial charge on any atom is -0.507 e. The third kappa shape index (κ3) is 2.24. The number of aromatic hydroxyl groups is 1. The molecule has 1 heterocycles. The van der Waals surface area contributed by atoms with E-state index in [0.717, 1.165) is 22.3 Å². The molecule has 2 bridgehead atoms. The maximum atomic E-state index is 12.6. The summed E-state index contributed by atoms with van der Waals surface area (Å²) < 4.78 is 0.784. The molecule has 2 amide bonds. The monoisotopic (exact) mass is 374 g/mol. The van der Waals surface area contributed by atoms with Crippen molar-refractivity contribution in [2.45, 2.75) is 12.8 Å². The Hall–Kier alpha value is -1.95. The average Bonchev–Trinajstić information content (AvgIpc) is 2.83. The van der Waals surface area contributed by atoms with E-state index >= 15 is 0 Å². The summed E-state index contributed by atoms with van der Waals surface area (Å²) in [6.07, 6.45) is 7.45. The van der Waals surface area contributed by atoms with Gasteiger partial charge in [-0.15, -0.1) is 0 Å². The third-order valence-electron chi connectivity index (χ3n) is 5.04. The predicted molar refractivity (Wildman–Crippen MR) is 87.6 cm³/mol. The lowest BCUT2D eigenvalue weighted by Crippen LogP contribution is -2.38. The Labute approximate surface area is 141 Å². The number of allylic oxidation sites excluding steroid dienone is 2. The molecule has 1 aromatic rings. The van der Waals surface area contributed by atoms with Crippen molar-refractivity contribution in [3.8, 4) is 5.75 Å². The smallest absolute Gasteiger partial charge is 0.254 e. The fourth-order valence-corrected chi connectivity index (χ4v) is 4.30. The molecule has 1 N–H and O–H groups in total. The second-order valence-corrected chi connectivity index (χ2v) is 7.19. The first kappa shape index (κ1) is 14.6. The van der Waals surface area contributed by atoms with Crippen molar-refractivity contribution < 1.29 is 14.7 Å². The van der Waals surface area contributed by atoms with Crippen molar-refractivity contribution in [1.29, 1.82) is 0 Å². The molecule has 23 heavy (non-hydrogen) atoms. The van der Waals surface area contributed by atoms with Gasteiger partial charge in [-0.1, -0.05) is 28.1 Å². The van der Waals surface area contributed by atoms with E-state index in [1.54, 1.807) is 12.1 Å². The summed E-state index contributed by atoms with van der Waals surface area (Å²) in [5.41, 5.74) is 0.455. The second-order valence-electron chi connectivity index (χ2n) is 6.28. The number of hydrazone groups is 1. The Morgan fingerprint density at radius 1 is 1.13 bits per heavy atom. The highest BCUT2D eigenvalue weighted by atomic mass is 79.9. The number of phenolic OH excluding ortho intramolecular Hbond substituents is 1. The number of fused-ring (bicyclic) bond motifs is 1. The van der Waals surface area contributed by atoms with Gasteiger partial charge in [0.1, 0.15) is 5.75 Å². The Bertz CT molecular complexity index is 726. The molecule has 5 nitrogen and oxygen atoms in total. The van der Waals surface area contributed by atoms with E-state index in [4.69, 9.17) is 0 Å². The van der Waals surface area contributed by atoms with E-state index in [1.165, 1.54) is 12.3 Å².